The zero-order chi connectivity index (χ0) is 22.5. The van der Waals surface area contributed by atoms with Gasteiger partial charge in [-0.15, -0.1) is 11.3 Å². The molecule has 0 radical (unpaired) electrons. The molecule has 4 rings (SSSR count). The van der Waals surface area contributed by atoms with Crippen LogP contribution >= 0.6 is 22.9 Å². The highest BCUT2D eigenvalue weighted by Gasteiger charge is 2.10. The summed E-state index contributed by atoms with van der Waals surface area (Å²) in [6, 6.07) is 10.3. The summed E-state index contributed by atoms with van der Waals surface area (Å²) in [7, 11) is 0. The zero-order valence-electron chi connectivity index (χ0n) is 17.9. The Balaban J connectivity index is 0.000000287. The van der Waals surface area contributed by atoms with E-state index in [-0.39, 0.29) is 16.4 Å². The third-order valence-corrected chi connectivity index (χ3v) is 5.94. The van der Waals surface area contributed by atoms with Gasteiger partial charge < -0.3 is 9.88 Å². The number of halogens is 2. The van der Waals surface area contributed by atoms with Gasteiger partial charge in [0.1, 0.15) is 5.82 Å². The molecule has 0 aliphatic carbocycles. The summed E-state index contributed by atoms with van der Waals surface area (Å²) in [6.45, 7) is 8.81. The van der Waals surface area contributed by atoms with Crippen molar-refractivity contribution in [2.75, 3.05) is 5.32 Å². The van der Waals surface area contributed by atoms with E-state index in [1.807, 2.05) is 44.5 Å². The van der Waals surface area contributed by atoms with Crippen LogP contribution in [0.3, 0.4) is 0 Å². The molecule has 2 heterocycles. The number of fused-ring (bicyclic) bond motifs is 1. The summed E-state index contributed by atoms with van der Waals surface area (Å²) < 4.78 is 15.3. The van der Waals surface area contributed by atoms with Gasteiger partial charge >= 0.3 is 0 Å². The van der Waals surface area contributed by atoms with Crippen molar-refractivity contribution in [2.45, 2.75) is 40.7 Å². The van der Waals surface area contributed by atoms with Crippen molar-refractivity contribution in [3.05, 3.63) is 79.9 Å². The molecule has 0 saturated carbocycles. The first-order valence-electron chi connectivity index (χ1n) is 9.97. The molecule has 4 aromatic rings. The summed E-state index contributed by atoms with van der Waals surface area (Å²) in [5.74, 6) is 0.207. The average Bonchev–Trinajstić information content (AvgIpc) is 3.10. The Morgan fingerprint density at radius 2 is 1.90 bits per heavy atom. The van der Waals surface area contributed by atoms with E-state index in [1.54, 1.807) is 23.5 Å². The van der Waals surface area contributed by atoms with Gasteiger partial charge in [0.25, 0.3) is 5.56 Å². The number of anilines is 2. The number of nitrogens with zero attached hydrogens (tertiary/aromatic N) is 3. The molecule has 0 spiro atoms. The van der Waals surface area contributed by atoms with Gasteiger partial charge in [-0.3, -0.25) is 4.79 Å². The molecule has 0 atom stereocenters. The van der Waals surface area contributed by atoms with E-state index in [0.29, 0.717) is 12.4 Å². The normalized spacial score (nSPS) is 10.6. The smallest absolute Gasteiger partial charge is 0.277 e. The third kappa shape index (κ3) is 5.48. The molecule has 162 valence electrons. The Morgan fingerprint density at radius 3 is 2.52 bits per heavy atom. The topological polar surface area (TPSA) is 59.8 Å². The molecule has 1 N–H and O–H groups in total. The van der Waals surface area contributed by atoms with Crippen molar-refractivity contribution >= 4 is 44.8 Å². The quantitative estimate of drug-likeness (QED) is 0.391. The number of aromatic nitrogens is 3. The van der Waals surface area contributed by atoms with Gasteiger partial charge in [-0.2, -0.15) is 4.98 Å². The second-order valence-electron chi connectivity index (χ2n) is 6.94. The van der Waals surface area contributed by atoms with Crippen LogP contribution in [0.25, 0.3) is 10.2 Å². The molecule has 0 amide bonds. The molecule has 0 saturated heterocycles. The van der Waals surface area contributed by atoms with Crippen LogP contribution in [-0.4, -0.2) is 14.5 Å². The number of benzene rings is 2. The first-order valence-corrected chi connectivity index (χ1v) is 11.2. The largest absolute Gasteiger partial charge is 0.325 e. The summed E-state index contributed by atoms with van der Waals surface area (Å²) >= 11 is 7.02. The lowest BCUT2D eigenvalue weighted by Gasteiger charge is -2.15. The van der Waals surface area contributed by atoms with Crippen molar-refractivity contribution in [3.8, 4) is 0 Å². The molecular weight excluding hydrogens is 435 g/mol. The van der Waals surface area contributed by atoms with Gasteiger partial charge in [0.15, 0.2) is 0 Å². The molecule has 31 heavy (non-hydrogen) atoms. The lowest BCUT2D eigenvalue weighted by molar-refractivity contribution is 0.628. The van der Waals surface area contributed by atoms with Crippen molar-refractivity contribution in [1.29, 1.82) is 0 Å². The molecular formula is C23H24ClFN4OS. The van der Waals surface area contributed by atoms with Crippen LogP contribution in [0.15, 0.2) is 47.4 Å². The maximum absolute atomic E-state index is 12.2. The van der Waals surface area contributed by atoms with Crippen LogP contribution in [0.4, 0.5) is 16.0 Å². The Kier molecular flexibility index (Phi) is 7.41. The predicted molar refractivity (Wildman–Crippen MR) is 127 cm³/mol. The van der Waals surface area contributed by atoms with E-state index in [2.05, 4.69) is 21.4 Å². The van der Waals surface area contributed by atoms with Crippen LogP contribution in [0.2, 0.25) is 5.02 Å². The summed E-state index contributed by atoms with van der Waals surface area (Å²) in [4.78, 5) is 20.8. The van der Waals surface area contributed by atoms with Crippen molar-refractivity contribution in [1.82, 2.24) is 14.5 Å². The predicted octanol–water partition coefficient (Wildman–Crippen LogP) is 6.27. The molecule has 5 nitrogen and oxygen atoms in total. The third-order valence-electron chi connectivity index (χ3n) is 4.70. The average molecular weight is 459 g/mol. The Morgan fingerprint density at radius 1 is 1.16 bits per heavy atom. The Labute approximate surface area is 189 Å². The summed E-state index contributed by atoms with van der Waals surface area (Å²) in [6.07, 6.45) is 2.58. The molecule has 2 aromatic carbocycles. The van der Waals surface area contributed by atoms with E-state index in [9.17, 15) is 9.18 Å². The minimum atomic E-state index is -0.367. The van der Waals surface area contributed by atoms with Gasteiger partial charge in [-0.05, 0) is 57.0 Å². The van der Waals surface area contributed by atoms with E-state index in [1.165, 1.54) is 16.8 Å². The molecule has 0 unspecified atom stereocenters. The Hall–Kier alpha value is -2.77. The zero-order valence-corrected chi connectivity index (χ0v) is 19.4. The standard InChI is InChI=1S/C17H20N4OS.C6H4ClF/c1-5-12-9-21(6-2)17(20-16(12)22)19-13-8-14-15(7-10(13)3)23-11(4)18-14;7-5-3-1-2-4-6(5)8/h7-9H,5-6H2,1-4H3,(H,19,20,22);1-4H. The molecule has 0 bridgehead atoms. The summed E-state index contributed by atoms with van der Waals surface area (Å²) in [5, 5.41) is 4.52. The van der Waals surface area contributed by atoms with Crippen molar-refractivity contribution < 1.29 is 4.39 Å². The SMILES string of the molecule is CCc1cn(CC)c(Nc2cc3nc(C)sc3cc2C)nc1=O.Fc1ccccc1Cl. The van der Waals surface area contributed by atoms with Crippen LogP contribution in [0.1, 0.15) is 30.0 Å². The molecule has 2 aromatic heterocycles. The fourth-order valence-corrected chi connectivity index (χ4v) is 4.05. The minimum Gasteiger partial charge on any atom is -0.325 e. The van der Waals surface area contributed by atoms with E-state index in [4.69, 9.17) is 11.6 Å². The van der Waals surface area contributed by atoms with E-state index in [0.717, 1.165) is 33.9 Å². The van der Waals surface area contributed by atoms with Crippen molar-refractivity contribution in [2.24, 2.45) is 0 Å². The first kappa shape index (κ1) is 22.9. The van der Waals surface area contributed by atoms with Crippen LogP contribution in [0, 0.1) is 19.7 Å². The van der Waals surface area contributed by atoms with E-state index < -0.39 is 0 Å². The first-order chi connectivity index (χ1) is 14.8. The fourth-order valence-electron chi connectivity index (χ4n) is 3.01. The van der Waals surface area contributed by atoms with Crippen LogP contribution < -0.4 is 10.9 Å². The van der Waals surface area contributed by atoms with Crippen molar-refractivity contribution in [3.63, 3.8) is 0 Å². The maximum Gasteiger partial charge on any atom is 0.277 e. The Bertz CT molecular complexity index is 1250. The highest BCUT2D eigenvalue weighted by Crippen LogP contribution is 2.29. The number of hydrogen-bond donors (Lipinski definition) is 1. The monoisotopic (exact) mass is 458 g/mol. The molecule has 0 fully saturated rings. The maximum atomic E-state index is 12.2. The number of nitrogens with one attached hydrogen (secondary N) is 1. The van der Waals surface area contributed by atoms with Gasteiger partial charge in [-0.1, -0.05) is 30.7 Å². The highest BCUT2D eigenvalue weighted by atomic mass is 35.5. The highest BCUT2D eigenvalue weighted by molar-refractivity contribution is 7.18. The molecule has 8 heteroatoms. The van der Waals surface area contributed by atoms with Gasteiger partial charge in [-0.25, -0.2) is 9.37 Å². The lowest BCUT2D eigenvalue weighted by Crippen LogP contribution is -2.20. The number of rotatable bonds is 4. The van der Waals surface area contributed by atoms with Crippen LogP contribution in [0.5, 0.6) is 0 Å². The molecule has 0 aliphatic heterocycles. The van der Waals surface area contributed by atoms with Gasteiger partial charge in [0, 0.05) is 24.0 Å². The molecule has 0 aliphatic rings. The second-order valence-corrected chi connectivity index (χ2v) is 8.58. The second kappa shape index (κ2) is 10.0. The summed E-state index contributed by atoms with van der Waals surface area (Å²) in [5.41, 5.74) is 3.58. The van der Waals surface area contributed by atoms with Gasteiger partial charge in [0.05, 0.1) is 20.2 Å². The number of aryl methyl sites for hydroxylation is 4. The van der Waals surface area contributed by atoms with E-state index >= 15 is 0 Å². The van der Waals surface area contributed by atoms with Crippen LogP contribution in [-0.2, 0) is 13.0 Å². The minimum absolute atomic E-state index is 0.164. The van der Waals surface area contributed by atoms with Gasteiger partial charge in [0.2, 0.25) is 5.95 Å². The fraction of sp³-hybridized carbons (Fsp3) is 0.261. The number of thiazole rings is 1. The lowest BCUT2D eigenvalue weighted by atomic mass is 10.2. The number of hydrogen-bond acceptors (Lipinski definition) is 5.